The lowest BCUT2D eigenvalue weighted by molar-refractivity contribution is -0.153. The Labute approximate surface area is 331 Å². The molecule has 0 aromatic heterocycles. The third-order valence-corrected chi connectivity index (χ3v) is 10.7. The van der Waals surface area contributed by atoms with Crippen LogP contribution in [-0.4, -0.2) is 32.1 Å². The molecular weight excluding hydrogens is 693 g/mol. The summed E-state index contributed by atoms with van der Waals surface area (Å²) in [6, 6.07) is 39.5. The Balaban J connectivity index is 1.43. The summed E-state index contributed by atoms with van der Waals surface area (Å²) in [5.74, 6) is 0.602. The summed E-state index contributed by atoms with van der Waals surface area (Å²) in [4.78, 5) is 26.2. The molecule has 6 rings (SSSR count). The summed E-state index contributed by atoms with van der Waals surface area (Å²) in [5, 5.41) is 15.3. The van der Waals surface area contributed by atoms with Gasteiger partial charge in [-0.1, -0.05) is 49.4 Å². The summed E-state index contributed by atoms with van der Waals surface area (Å²) < 4.78 is 5.63. The van der Waals surface area contributed by atoms with Crippen LogP contribution in [0.5, 0.6) is 0 Å². The monoisotopic (exact) mass is 745 g/mol. The number of hydrogen-bond acceptors (Lipinski definition) is 6. The lowest BCUT2D eigenvalue weighted by Crippen LogP contribution is -2.27. The Bertz CT molecular complexity index is 2210. The molecule has 0 fully saturated rings. The summed E-state index contributed by atoms with van der Waals surface area (Å²) in [5.41, 5.74) is 12.7. The molecule has 6 aromatic rings. The SMILES string of the molecule is CCC(C)(C)C(=O)OCCNc1ccc([C+](c2ccc(Nc3c(C)cccc3C)cc2)c2ccc(Nc3c(C)cccc3C)cc2)c2c(C(=O)NC)cccc12. The highest BCUT2D eigenvalue weighted by atomic mass is 16.5. The number of nitrogens with one attached hydrogen (secondary N) is 4. The van der Waals surface area contributed by atoms with Gasteiger partial charge in [-0.3, -0.25) is 9.59 Å². The molecule has 0 aliphatic rings. The van der Waals surface area contributed by atoms with E-state index in [0.717, 1.165) is 61.8 Å². The number of para-hydroxylation sites is 2. The van der Waals surface area contributed by atoms with Crippen molar-refractivity contribution in [1.82, 2.24) is 5.32 Å². The van der Waals surface area contributed by atoms with Gasteiger partial charge in [-0.05, 0) is 143 Å². The van der Waals surface area contributed by atoms with Crippen LogP contribution in [0.3, 0.4) is 0 Å². The molecule has 7 nitrogen and oxygen atoms in total. The number of aryl methyl sites for hydroxylation is 4. The molecule has 0 radical (unpaired) electrons. The predicted molar refractivity (Wildman–Crippen MR) is 233 cm³/mol. The number of carbonyl (C=O) groups is 2. The van der Waals surface area contributed by atoms with Crippen molar-refractivity contribution in [2.24, 2.45) is 5.41 Å². The Morgan fingerprint density at radius 2 is 1.16 bits per heavy atom. The number of benzene rings is 6. The van der Waals surface area contributed by atoms with Crippen molar-refractivity contribution in [3.05, 3.63) is 166 Å². The van der Waals surface area contributed by atoms with Gasteiger partial charge in [0.15, 0.2) is 0 Å². The number of carbonyl (C=O) groups excluding carboxylic acids is 2. The molecule has 1 amide bonds. The van der Waals surface area contributed by atoms with Crippen LogP contribution in [-0.2, 0) is 9.53 Å². The van der Waals surface area contributed by atoms with Gasteiger partial charge in [0.25, 0.3) is 5.91 Å². The number of esters is 1. The first kappa shape index (κ1) is 39.5. The van der Waals surface area contributed by atoms with Gasteiger partial charge in [-0.2, -0.15) is 0 Å². The van der Waals surface area contributed by atoms with Crippen molar-refractivity contribution >= 4 is 51.1 Å². The second-order valence-corrected chi connectivity index (χ2v) is 15.1. The topological polar surface area (TPSA) is 91.5 Å². The third kappa shape index (κ3) is 8.52. The van der Waals surface area contributed by atoms with Gasteiger partial charge >= 0.3 is 5.97 Å². The zero-order chi connectivity index (χ0) is 40.0. The maximum absolute atomic E-state index is 13.6. The molecule has 286 valence electrons. The molecule has 0 bridgehead atoms. The van der Waals surface area contributed by atoms with Crippen LogP contribution in [0.2, 0.25) is 0 Å². The van der Waals surface area contributed by atoms with Gasteiger partial charge in [0.05, 0.1) is 39.3 Å². The Morgan fingerprint density at radius 3 is 1.64 bits per heavy atom. The van der Waals surface area contributed by atoms with Gasteiger partial charge in [-0.25, -0.2) is 0 Å². The zero-order valence-electron chi connectivity index (χ0n) is 33.8. The first-order valence-corrected chi connectivity index (χ1v) is 19.4. The number of rotatable bonds is 14. The standard InChI is InChI=1S/C49H52N4O3/c1-9-49(6,7)48(55)56-30-29-51-42-28-27-40(44-39(42)17-12-18-41(44)47(54)50-8)43(35-19-23-37(24-20-35)52-45-31(2)13-10-14-32(45)3)36-21-25-38(26-22-36)53-46-33(4)15-11-16-34(46)5/h10-28,52-53H,9,29-30H2,1-8H3,(H-,50,51,54)/p+1. The van der Waals surface area contributed by atoms with Gasteiger partial charge in [0, 0.05) is 47.1 Å². The van der Waals surface area contributed by atoms with E-state index in [-0.39, 0.29) is 18.5 Å². The van der Waals surface area contributed by atoms with Crippen molar-refractivity contribution in [2.75, 3.05) is 36.1 Å². The molecule has 0 atom stereocenters. The van der Waals surface area contributed by atoms with Gasteiger partial charge in [-0.15, -0.1) is 0 Å². The highest BCUT2D eigenvalue weighted by Crippen LogP contribution is 2.40. The second-order valence-electron chi connectivity index (χ2n) is 15.1. The zero-order valence-corrected chi connectivity index (χ0v) is 33.8. The van der Waals surface area contributed by atoms with Gasteiger partial charge in [0.2, 0.25) is 0 Å². The molecule has 6 aromatic carbocycles. The van der Waals surface area contributed by atoms with Crippen LogP contribution in [0.1, 0.15) is 76.5 Å². The smallest absolute Gasteiger partial charge is 0.311 e. The quantitative estimate of drug-likeness (QED) is 0.0384. The minimum atomic E-state index is -0.537. The molecule has 0 saturated carbocycles. The molecular formula is C49H53N4O3+. The van der Waals surface area contributed by atoms with E-state index in [2.05, 4.69) is 146 Å². The van der Waals surface area contributed by atoms with Crippen molar-refractivity contribution in [1.29, 1.82) is 0 Å². The number of fused-ring (bicyclic) bond motifs is 1. The molecule has 0 spiro atoms. The highest BCUT2D eigenvalue weighted by Gasteiger charge is 2.29. The minimum absolute atomic E-state index is 0.176. The minimum Gasteiger partial charge on any atom is -0.463 e. The summed E-state index contributed by atoms with van der Waals surface area (Å²) in [6.45, 7) is 14.9. The predicted octanol–water partition coefficient (Wildman–Crippen LogP) is 11.3. The molecule has 4 N–H and O–H groups in total. The third-order valence-electron chi connectivity index (χ3n) is 10.7. The lowest BCUT2D eigenvalue weighted by atomic mass is 9.81. The maximum Gasteiger partial charge on any atom is 0.311 e. The van der Waals surface area contributed by atoms with E-state index in [1.807, 2.05) is 39.0 Å². The van der Waals surface area contributed by atoms with Crippen LogP contribution in [0.15, 0.2) is 115 Å². The van der Waals surface area contributed by atoms with Crippen molar-refractivity contribution in [3.8, 4) is 0 Å². The van der Waals surface area contributed by atoms with Crippen molar-refractivity contribution in [2.45, 2.75) is 54.9 Å². The molecule has 7 heteroatoms. The van der Waals surface area contributed by atoms with Crippen LogP contribution in [0.4, 0.5) is 28.4 Å². The van der Waals surface area contributed by atoms with Crippen LogP contribution < -0.4 is 21.3 Å². The average Bonchev–Trinajstić information content (AvgIpc) is 3.20. The van der Waals surface area contributed by atoms with E-state index in [1.165, 1.54) is 22.3 Å². The Kier molecular flexibility index (Phi) is 12.0. The number of hydrogen-bond donors (Lipinski definition) is 4. The average molecular weight is 746 g/mol. The Hall–Kier alpha value is -6.21. The fraction of sp³-hybridized carbons (Fsp3) is 0.245. The highest BCUT2D eigenvalue weighted by molar-refractivity contribution is 6.12. The summed E-state index contributed by atoms with van der Waals surface area (Å²) in [7, 11) is 1.66. The van der Waals surface area contributed by atoms with E-state index >= 15 is 0 Å². The van der Waals surface area contributed by atoms with E-state index in [0.29, 0.717) is 18.5 Å². The number of anilines is 5. The fourth-order valence-electron chi connectivity index (χ4n) is 6.99. The fourth-order valence-corrected chi connectivity index (χ4v) is 6.99. The molecule has 56 heavy (non-hydrogen) atoms. The summed E-state index contributed by atoms with van der Waals surface area (Å²) >= 11 is 0. The normalized spacial score (nSPS) is 11.2. The molecule has 0 saturated heterocycles. The van der Waals surface area contributed by atoms with Crippen LogP contribution in [0.25, 0.3) is 10.8 Å². The second kappa shape index (κ2) is 17.1. The van der Waals surface area contributed by atoms with Crippen LogP contribution >= 0.6 is 0 Å². The first-order chi connectivity index (χ1) is 26.9. The largest absolute Gasteiger partial charge is 0.463 e. The first-order valence-electron chi connectivity index (χ1n) is 19.4. The van der Waals surface area contributed by atoms with Gasteiger partial charge in [0.1, 0.15) is 6.61 Å². The van der Waals surface area contributed by atoms with E-state index in [9.17, 15) is 9.59 Å². The van der Waals surface area contributed by atoms with Crippen molar-refractivity contribution in [3.63, 3.8) is 0 Å². The molecule has 0 unspecified atom stereocenters. The summed E-state index contributed by atoms with van der Waals surface area (Å²) in [6.07, 6.45) is 0.698. The van der Waals surface area contributed by atoms with E-state index in [1.54, 1.807) is 7.05 Å². The number of ether oxygens (including phenoxy) is 1. The number of amides is 1. The Morgan fingerprint density at radius 1 is 0.661 bits per heavy atom. The maximum atomic E-state index is 13.6. The van der Waals surface area contributed by atoms with Crippen molar-refractivity contribution < 1.29 is 14.3 Å². The molecule has 0 aliphatic heterocycles. The van der Waals surface area contributed by atoms with E-state index < -0.39 is 5.41 Å². The molecule has 0 aliphatic carbocycles. The van der Waals surface area contributed by atoms with E-state index in [4.69, 9.17) is 4.74 Å². The van der Waals surface area contributed by atoms with Crippen LogP contribution in [0, 0.1) is 39.0 Å². The lowest BCUT2D eigenvalue weighted by Gasteiger charge is -2.21. The van der Waals surface area contributed by atoms with Gasteiger partial charge < -0.3 is 26.0 Å². The molecule has 0 heterocycles.